The number of nitrogens with one attached hydrogen (secondary N) is 1. The Morgan fingerprint density at radius 2 is 1.58 bits per heavy atom. The highest BCUT2D eigenvalue weighted by Crippen LogP contribution is 2.19. The lowest BCUT2D eigenvalue weighted by Crippen LogP contribution is -2.38. The van der Waals surface area contributed by atoms with Crippen LogP contribution in [0.3, 0.4) is 0 Å². The van der Waals surface area contributed by atoms with Gasteiger partial charge in [-0.25, -0.2) is 4.79 Å². The van der Waals surface area contributed by atoms with Crippen LogP contribution >= 0.6 is 0 Å². The number of ether oxygens (including phenoxy) is 1. The van der Waals surface area contributed by atoms with Crippen molar-refractivity contribution >= 4 is 6.09 Å². The summed E-state index contributed by atoms with van der Waals surface area (Å²) in [6.45, 7) is 5.18. The van der Waals surface area contributed by atoms with E-state index in [1.54, 1.807) is 32.9 Å². The minimum atomic E-state index is -1.12. The average molecular weight is 357 g/mol. The monoisotopic (exact) mass is 357 g/mol. The number of amides is 1. The molecule has 0 heterocycles. The summed E-state index contributed by atoms with van der Waals surface area (Å²) < 4.78 is 5.10. The van der Waals surface area contributed by atoms with E-state index in [1.165, 1.54) is 5.56 Å². The van der Waals surface area contributed by atoms with Gasteiger partial charge in [-0.05, 0) is 43.9 Å². The molecule has 0 aliphatic carbocycles. The van der Waals surface area contributed by atoms with Crippen molar-refractivity contribution in [3.05, 3.63) is 71.3 Å². The maximum Gasteiger partial charge on any atom is 0.407 e. The highest BCUT2D eigenvalue weighted by atomic mass is 16.6. The number of benzene rings is 2. The lowest BCUT2D eigenvalue weighted by Gasteiger charge is -2.22. The molecule has 0 bridgehead atoms. The van der Waals surface area contributed by atoms with Crippen LogP contribution in [0.1, 0.15) is 43.6 Å². The number of aliphatic hydroxyl groups excluding tert-OH is 2. The molecule has 2 atom stereocenters. The molecule has 2 aromatic rings. The summed E-state index contributed by atoms with van der Waals surface area (Å²) in [5.74, 6) is 0. The SMILES string of the molecule is CC(C)(C)OC(=O)NCC(O)C(O)c1ccc(Cc2ccccc2)cc1. The first-order valence-corrected chi connectivity index (χ1v) is 8.70. The van der Waals surface area contributed by atoms with Crippen LogP contribution in [-0.2, 0) is 11.2 Å². The smallest absolute Gasteiger partial charge is 0.407 e. The highest BCUT2D eigenvalue weighted by molar-refractivity contribution is 5.67. The lowest BCUT2D eigenvalue weighted by atomic mass is 9.99. The Balaban J connectivity index is 1.88. The molecule has 0 aliphatic rings. The summed E-state index contributed by atoms with van der Waals surface area (Å²) in [5, 5.41) is 22.8. The fourth-order valence-corrected chi connectivity index (χ4v) is 2.50. The van der Waals surface area contributed by atoms with E-state index in [0.717, 1.165) is 12.0 Å². The van der Waals surface area contributed by atoms with E-state index in [-0.39, 0.29) is 6.54 Å². The first-order chi connectivity index (χ1) is 12.2. The number of rotatable bonds is 6. The van der Waals surface area contributed by atoms with E-state index in [2.05, 4.69) is 17.4 Å². The zero-order chi connectivity index (χ0) is 19.2. The van der Waals surface area contributed by atoms with Gasteiger partial charge in [0.2, 0.25) is 0 Å². The second kappa shape index (κ2) is 8.83. The molecule has 0 saturated heterocycles. The molecule has 2 rings (SSSR count). The van der Waals surface area contributed by atoms with Crippen LogP contribution in [0.5, 0.6) is 0 Å². The van der Waals surface area contributed by atoms with Crippen LogP contribution in [0.25, 0.3) is 0 Å². The molecule has 2 unspecified atom stereocenters. The summed E-state index contributed by atoms with van der Waals surface area (Å²) >= 11 is 0. The molecule has 5 heteroatoms. The van der Waals surface area contributed by atoms with Crippen molar-refractivity contribution in [3.63, 3.8) is 0 Å². The molecular weight excluding hydrogens is 330 g/mol. The molecule has 26 heavy (non-hydrogen) atoms. The molecular formula is C21H27NO4. The van der Waals surface area contributed by atoms with Gasteiger partial charge >= 0.3 is 6.09 Å². The predicted octanol–water partition coefficient (Wildman–Crippen LogP) is 3.20. The average Bonchev–Trinajstić information content (AvgIpc) is 2.59. The van der Waals surface area contributed by atoms with Gasteiger partial charge in [0.1, 0.15) is 17.8 Å². The largest absolute Gasteiger partial charge is 0.444 e. The Bertz CT molecular complexity index is 692. The second-order valence-corrected chi connectivity index (χ2v) is 7.30. The van der Waals surface area contributed by atoms with Crippen LogP contribution in [0.4, 0.5) is 4.79 Å². The van der Waals surface area contributed by atoms with Crippen molar-refractivity contribution in [1.82, 2.24) is 5.32 Å². The number of aliphatic hydroxyl groups is 2. The fourth-order valence-electron chi connectivity index (χ4n) is 2.50. The molecule has 140 valence electrons. The lowest BCUT2D eigenvalue weighted by molar-refractivity contribution is 0.0129. The third kappa shape index (κ3) is 6.50. The first kappa shape index (κ1) is 19.9. The molecule has 3 N–H and O–H groups in total. The molecule has 5 nitrogen and oxygen atoms in total. The van der Waals surface area contributed by atoms with E-state index < -0.39 is 23.9 Å². The van der Waals surface area contributed by atoms with Crippen molar-refractivity contribution in [2.24, 2.45) is 0 Å². The molecule has 0 fully saturated rings. The Morgan fingerprint density at radius 3 is 2.15 bits per heavy atom. The summed E-state index contributed by atoms with van der Waals surface area (Å²) in [7, 11) is 0. The Morgan fingerprint density at radius 1 is 1.00 bits per heavy atom. The Labute approximate surface area is 154 Å². The second-order valence-electron chi connectivity index (χ2n) is 7.30. The van der Waals surface area contributed by atoms with Crippen LogP contribution < -0.4 is 5.32 Å². The number of alkyl carbamates (subject to hydrolysis) is 1. The molecule has 2 aromatic carbocycles. The van der Waals surface area contributed by atoms with Gasteiger partial charge in [-0.2, -0.15) is 0 Å². The van der Waals surface area contributed by atoms with E-state index >= 15 is 0 Å². The summed E-state index contributed by atoms with van der Waals surface area (Å²) in [6.07, 6.45) is -2.03. The van der Waals surface area contributed by atoms with Gasteiger partial charge in [0.05, 0.1) is 0 Å². The third-order valence-corrected chi connectivity index (χ3v) is 3.79. The molecule has 0 aromatic heterocycles. The minimum absolute atomic E-state index is 0.0954. The number of carbonyl (C=O) groups excluding carboxylic acids is 1. The molecule has 0 saturated carbocycles. The number of hydrogen-bond donors (Lipinski definition) is 3. The quantitative estimate of drug-likeness (QED) is 0.742. The van der Waals surface area contributed by atoms with E-state index in [4.69, 9.17) is 4.74 Å². The molecule has 0 radical (unpaired) electrons. The van der Waals surface area contributed by atoms with Gasteiger partial charge in [-0.1, -0.05) is 54.6 Å². The molecule has 0 aliphatic heterocycles. The highest BCUT2D eigenvalue weighted by Gasteiger charge is 2.21. The number of carbonyl (C=O) groups is 1. The van der Waals surface area contributed by atoms with Crippen molar-refractivity contribution in [1.29, 1.82) is 0 Å². The zero-order valence-corrected chi connectivity index (χ0v) is 15.5. The Kier molecular flexibility index (Phi) is 6.77. The Hall–Kier alpha value is -2.37. The number of hydrogen-bond acceptors (Lipinski definition) is 4. The van der Waals surface area contributed by atoms with Gasteiger partial charge in [0, 0.05) is 6.54 Å². The standard InChI is InChI=1S/C21H27NO4/c1-21(2,3)26-20(25)22-14-18(23)19(24)17-11-9-16(10-12-17)13-15-7-5-4-6-8-15/h4-12,18-19,23-24H,13-14H2,1-3H3,(H,22,25). The van der Waals surface area contributed by atoms with Crippen LogP contribution in [0, 0.1) is 0 Å². The minimum Gasteiger partial charge on any atom is -0.444 e. The van der Waals surface area contributed by atoms with Crippen molar-refractivity contribution < 1.29 is 19.7 Å². The van der Waals surface area contributed by atoms with Gasteiger partial charge in [0.15, 0.2) is 0 Å². The topological polar surface area (TPSA) is 78.8 Å². The first-order valence-electron chi connectivity index (χ1n) is 8.70. The van der Waals surface area contributed by atoms with Gasteiger partial charge in [-0.15, -0.1) is 0 Å². The predicted molar refractivity (Wildman–Crippen MR) is 101 cm³/mol. The van der Waals surface area contributed by atoms with E-state index in [0.29, 0.717) is 5.56 Å². The summed E-state index contributed by atoms with van der Waals surface area (Å²) in [6, 6.07) is 17.6. The van der Waals surface area contributed by atoms with Crippen LogP contribution in [0.2, 0.25) is 0 Å². The summed E-state index contributed by atoms with van der Waals surface area (Å²) in [5.41, 5.74) is 2.32. The van der Waals surface area contributed by atoms with E-state index in [9.17, 15) is 15.0 Å². The molecule has 0 spiro atoms. The maximum absolute atomic E-state index is 11.6. The van der Waals surface area contributed by atoms with Gasteiger partial charge in [-0.3, -0.25) is 0 Å². The van der Waals surface area contributed by atoms with Gasteiger partial charge < -0.3 is 20.3 Å². The van der Waals surface area contributed by atoms with E-state index in [1.807, 2.05) is 30.3 Å². The van der Waals surface area contributed by atoms with Gasteiger partial charge in [0.25, 0.3) is 0 Å². The normalized spacial score (nSPS) is 13.7. The summed E-state index contributed by atoms with van der Waals surface area (Å²) in [4.78, 5) is 11.6. The fraction of sp³-hybridized carbons (Fsp3) is 0.381. The van der Waals surface area contributed by atoms with Crippen molar-refractivity contribution in [3.8, 4) is 0 Å². The zero-order valence-electron chi connectivity index (χ0n) is 15.5. The molecule has 1 amide bonds. The van der Waals surface area contributed by atoms with Crippen molar-refractivity contribution in [2.45, 2.75) is 45.0 Å². The maximum atomic E-state index is 11.6. The third-order valence-electron chi connectivity index (χ3n) is 3.79. The van der Waals surface area contributed by atoms with Crippen LogP contribution in [0.15, 0.2) is 54.6 Å². The van der Waals surface area contributed by atoms with Crippen LogP contribution in [-0.4, -0.2) is 34.6 Å². The van der Waals surface area contributed by atoms with Crippen molar-refractivity contribution in [2.75, 3.05) is 6.54 Å².